The van der Waals surface area contributed by atoms with Crippen molar-refractivity contribution in [2.75, 3.05) is 0 Å². The van der Waals surface area contributed by atoms with Gasteiger partial charge in [0.15, 0.2) is 0 Å². The molecule has 0 saturated carbocycles. The van der Waals surface area contributed by atoms with Crippen molar-refractivity contribution in [1.82, 2.24) is 14.9 Å². The molecule has 0 aliphatic heterocycles. The van der Waals surface area contributed by atoms with Gasteiger partial charge >= 0.3 is 0 Å². The molecule has 82 valence electrons. The van der Waals surface area contributed by atoms with Crippen LogP contribution in [0, 0.1) is 4.77 Å². The fourth-order valence-corrected chi connectivity index (χ4v) is 1.60. The van der Waals surface area contributed by atoms with Gasteiger partial charge in [0.25, 0.3) is 0 Å². The first-order chi connectivity index (χ1) is 7.66. The van der Waals surface area contributed by atoms with Gasteiger partial charge in [-0.3, -0.25) is 5.10 Å². The summed E-state index contributed by atoms with van der Waals surface area (Å²) >= 11 is 8.23. The molecule has 0 radical (unpaired) electrons. The van der Waals surface area contributed by atoms with Gasteiger partial charge in [0.1, 0.15) is 12.1 Å². The lowest BCUT2D eigenvalue weighted by molar-refractivity contribution is 0.474. The highest BCUT2D eigenvalue weighted by atomic mass is 79.9. The Labute approximate surface area is 105 Å². The lowest BCUT2D eigenvalue weighted by atomic mass is 10.2. The van der Waals surface area contributed by atoms with Crippen LogP contribution >= 0.6 is 28.1 Å². The predicted octanol–water partition coefficient (Wildman–Crippen LogP) is 2.29. The number of aromatic hydroxyl groups is 1. The molecule has 0 aliphatic rings. The highest BCUT2D eigenvalue weighted by molar-refractivity contribution is 9.10. The normalized spacial score (nSPS) is 11.1. The summed E-state index contributed by atoms with van der Waals surface area (Å²) in [5.41, 5.74) is 0.595. The lowest BCUT2D eigenvalue weighted by Gasteiger charge is -1.98. The van der Waals surface area contributed by atoms with Gasteiger partial charge in [0, 0.05) is 10.0 Å². The standard InChI is InChI=1S/C9H7BrN4OS/c10-7-1-2-8(15)6(3-7)4-12-14-5-11-13-9(14)16/h1-5,15H,(H,13,16)/b12-4-. The van der Waals surface area contributed by atoms with E-state index in [0.29, 0.717) is 10.3 Å². The van der Waals surface area contributed by atoms with Crippen molar-refractivity contribution in [1.29, 1.82) is 0 Å². The third-order valence-electron chi connectivity index (χ3n) is 1.85. The van der Waals surface area contributed by atoms with E-state index in [4.69, 9.17) is 12.2 Å². The summed E-state index contributed by atoms with van der Waals surface area (Å²) in [5.74, 6) is 0.155. The topological polar surface area (TPSA) is 66.2 Å². The zero-order chi connectivity index (χ0) is 11.5. The molecule has 1 aromatic carbocycles. The van der Waals surface area contributed by atoms with Crippen LogP contribution < -0.4 is 0 Å². The van der Waals surface area contributed by atoms with Crippen LogP contribution in [0.1, 0.15) is 5.56 Å². The van der Waals surface area contributed by atoms with Crippen LogP contribution in [0.15, 0.2) is 34.1 Å². The number of hydrogen-bond donors (Lipinski definition) is 2. The number of halogens is 1. The fourth-order valence-electron chi connectivity index (χ4n) is 1.08. The average Bonchev–Trinajstić information content (AvgIpc) is 2.66. The molecule has 0 unspecified atom stereocenters. The summed E-state index contributed by atoms with van der Waals surface area (Å²) in [7, 11) is 0. The number of hydrogen-bond acceptors (Lipinski definition) is 4. The number of H-pyrrole nitrogens is 1. The zero-order valence-electron chi connectivity index (χ0n) is 7.96. The SMILES string of the molecule is Oc1ccc(Br)cc1/C=N\n1cn[nH]c1=S. The predicted molar refractivity (Wildman–Crippen MR) is 66.2 cm³/mol. The number of phenols is 1. The van der Waals surface area contributed by atoms with E-state index in [1.54, 1.807) is 18.2 Å². The van der Waals surface area contributed by atoms with Crippen LogP contribution in [0.25, 0.3) is 0 Å². The number of aromatic amines is 1. The molecule has 0 spiro atoms. The number of rotatable bonds is 2. The molecule has 16 heavy (non-hydrogen) atoms. The molecule has 2 rings (SSSR count). The van der Waals surface area contributed by atoms with Crippen LogP contribution in [0.5, 0.6) is 5.75 Å². The molecular formula is C9H7BrN4OS. The van der Waals surface area contributed by atoms with E-state index in [9.17, 15) is 5.11 Å². The van der Waals surface area contributed by atoms with Crippen LogP contribution in [0.2, 0.25) is 0 Å². The van der Waals surface area contributed by atoms with Crippen LogP contribution in [-0.2, 0) is 0 Å². The number of nitrogens with one attached hydrogen (secondary N) is 1. The van der Waals surface area contributed by atoms with Crippen molar-refractivity contribution in [3.63, 3.8) is 0 Å². The van der Waals surface area contributed by atoms with Crippen LogP contribution in [0.4, 0.5) is 0 Å². The van der Waals surface area contributed by atoms with Crippen molar-refractivity contribution in [2.24, 2.45) is 5.10 Å². The number of aromatic nitrogens is 3. The maximum Gasteiger partial charge on any atom is 0.216 e. The Morgan fingerprint density at radius 2 is 2.38 bits per heavy atom. The quantitative estimate of drug-likeness (QED) is 0.660. The summed E-state index contributed by atoms with van der Waals surface area (Å²) in [6.07, 6.45) is 2.96. The van der Waals surface area contributed by atoms with Gasteiger partial charge in [-0.15, -0.1) is 0 Å². The molecule has 7 heteroatoms. The van der Waals surface area contributed by atoms with Gasteiger partial charge in [-0.1, -0.05) is 15.9 Å². The summed E-state index contributed by atoms with van der Waals surface area (Å²) in [5, 5.41) is 19.9. The van der Waals surface area contributed by atoms with Crippen molar-refractivity contribution in [3.05, 3.63) is 39.3 Å². The Morgan fingerprint density at radius 1 is 1.56 bits per heavy atom. The Bertz CT molecular complexity index is 589. The van der Waals surface area contributed by atoms with Gasteiger partial charge in [-0.25, -0.2) is 0 Å². The highest BCUT2D eigenvalue weighted by Gasteiger charge is 1.98. The molecule has 0 aliphatic carbocycles. The summed E-state index contributed by atoms with van der Waals surface area (Å²) in [6.45, 7) is 0. The maximum atomic E-state index is 9.56. The first-order valence-corrected chi connectivity index (χ1v) is 5.52. The minimum absolute atomic E-state index is 0.155. The van der Waals surface area contributed by atoms with Gasteiger partial charge in [-0.2, -0.15) is 14.9 Å². The smallest absolute Gasteiger partial charge is 0.216 e. The van der Waals surface area contributed by atoms with Crippen molar-refractivity contribution < 1.29 is 5.11 Å². The fraction of sp³-hybridized carbons (Fsp3) is 0. The van der Waals surface area contributed by atoms with E-state index < -0.39 is 0 Å². The minimum Gasteiger partial charge on any atom is -0.507 e. The Morgan fingerprint density at radius 3 is 3.06 bits per heavy atom. The van der Waals surface area contributed by atoms with E-state index in [-0.39, 0.29) is 5.75 Å². The third kappa shape index (κ3) is 2.37. The van der Waals surface area contributed by atoms with Gasteiger partial charge in [-0.05, 0) is 30.4 Å². The van der Waals surface area contributed by atoms with Crippen molar-refractivity contribution in [3.8, 4) is 5.75 Å². The average molecular weight is 299 g/mol. The first-order valence-electron chi connectivity index (χ1n) is 4.32. The molecule has 2 N–H and O–H groups in total. The van der Waals surface area contributed by atoms with Crippen molar-refractivity contribution in [2.45, 2.75) is 0 Å². The second-order valence-electron chi connectivity index (χ2n) is 2.95. The van der Waals surface area contributed by atoms with Gasteiger partial charge in [0.2, 0.25) is 4.77 Å². The zero-order valence-corrected chi connectivity index (χ0v) is 10.4. The molecule has 5 nitrogen and oxygen atoms in total. The molecule has 0 atom stereocenters. The summed E-state index contributed by atoms with van der Waals surface area (Å²) in [4.78, 5) is 0. The molecule has 1 aromatic heterocycles. The van der Waals surface area contributed by atoms with Crippen LogP contribution in [-0.4, -0.2) is 26.2 Å². The number of nitrogens with zero attached hydrogens (tertiary/aromatic N) is 3. The number of phenolic OH excluding ortho intramolecular Hbond substituents is 1. The lowest BCUT2D eigenvalue weighted by Crippen LogP contribution is -1.89. The van der Waals surface area contributed by atoms with Gasteiger partial charge < -0.3 is 5.11 Å². The Kier molecular flexibility index (Phi) is 3.16. The highest BCUT2D eigenvalue weighted by Crippen LogP contribution is 2.20. The molecule has 0 amide bonds. The van der Waals surface area contributed by atoms with E-state index in [2.05, 4.69) is 31.2 Å². The summed E-state index contributed by atoms with van der Waals surface area (Å²) < 4.78 is 2.66. The minimum atomic E-state index is 0.155. The largest absolute Gasteiger partial charge is 0.507 e. The maximum absolute atomic E-state index is 9.56. The van der Waals surface area contributed by atoms with E-state index in [1.165, 1.54) is 17.2 Å². The number of benzene rings is 1. The third-order valence-corrected chi connectivity index (χ3v) is 2.62. The van der Waals surface area contributed by atoms with E-state index in [0.717, 1.165) is 4.47 Å². The molecular weight excluding hydrogens is 292 g/mol. The van der Waals surface area contributed by atoms with E-state index in [1.807, 2.05) is 0 Å². The monoisotopic (exact) mass is 298 g/mol. The van der Waals surface area contributed by atoms with E-state index >= 15 is 0 Å². The second kappa shape index (κ2) is 4.58. The Hall–Kier alpha value is -1.47. The molecule has 0 bridgehead atoms. The summed E-state index contributed by atoms with van der Waals surface area (Å²) in [6, 6.07) is 5.08. The van der Waals surface area contributed by atoms with Crippen LogP contribution in [0.3, 0.4) is 0 Å². The second-order valence-corrected chi connectivity index (χ2v) is 4.26. The molecule has 0 fully saturated rings. The molecule has 0 saturated heterocycles. The molecule has 1 heterocycles. The molecule has 2 aromatic rings. The van der Waals surface area contributed by atoms with Crippen molar-refractivity contribution >= 4 is 34.4 Å². The Balaban J connectivity index is 2.34. The van der Waals surface area contributed by atoms with Gasteiger partial charge in [0.05, 0.1) is 6.21 Å². The first kappa shape index (κ1) is 11.0.